The highest BCUT2D eigenvalue weighted by Crippen LogP contribution is 2.35. The van der Waals surface area contributed by atoms with Gasteiger partial charge in [0.05, 0.1) is 17.3 Å². The van der Waals surface area contributed by atoms with Crippen molar-refractivity contribution in [3.05, 3.63) is 29.7 Å². The number of amides is 1. The molecule has 26 heavy (non-hydrogen) atoms. The van der Waals surface area contributed by atoms with Crippen molar-refractivity contribution in [1.82, 2.24) is 19.7 Å². The summed E-state index contributed by atoms with van der Waals surface area (Å²) in [5.74, 6) is -0.175. The third-order valence-corrected chi connectivity index (χ3v) is 4.81. The van der Waals surface area contributed by atoms with Crippen LogP contribution in [0.4, 0.5) is 16.0 Å². The van der Waals surface area contributed by atoms with Crippen molar-refractivity contribution in [2.24, 2.45) is 13.0 Å². The van der Waals surface area contributed by atoms with E-state index in [0.29, 0.717) is 22.7 Å². The number of halogens is 1. The lowest BCUT2D eigenvalue weighted by Crippen LogP contribution is -2.15. The fraction of sp³-hybridized carbons (Fsp3) is 0.333. The van der Waals surface area contributed by atoms with Gasteiger partial charge >= 0.3 is 0 Å². The molecule has 7 nitrogen and oxygen atoms in total. The number of alkyl halides is 1. The average Bonchev–Trinajstić information content (AvgIpc) is 3.25. The number of fused-ring (bicyclic) bond motifs is 1. The Morgan fingerprint density at radius 3 is 2.73 bits per heavy atom. The van der Waals surface area contributed by atoms with Crippen molar-refractivity contribution in [2.45, 2.75) is 26.4 Å². The highest BCUT2D eigenvalue weighted by molar-refractivity contribution is 5.98. The van der Waals surface area contributed by atoms with E-state index < -0.39 is 12.1 Å². The second-order valence-corrected chi connectivity index (χ2v) is 6.70. The molecule has 2 atom stereocenters. The van der Waals surface area contributed by atoms with Crippen LogP contribution >= 0.6 is 0 Å². The third-order valence-electron chi connectivity index (χ3n) is 4.81. The molecule has 0 spiro atoms. The molecule has 8 heteroatoms. The van der Waals surface area contributed by atoms with Crippen LogP contribution < -0.4 is 11.1 Å². The summed E-state index contributed by atoms with van der Waals surface area (Å²) in [4.78, 5) is 20.6. The molecule has 1 saturated carbocycles. The summed E-state index contributed by atoms with van der Waals surface area (Å²) in [6.45, 7) is 3.89. The quantitative estimate of drug-likeness (QED) is 0.753. The van der Waals surface area contributed by atoms with Crippen LogP contribution in [0, 0.1) is 19.8 Å². The molecule has 0 bridgehead atoms. The minimum atomic E-state index is -1.04. The number of nitrogen functional groups attached to an aromatic ring is 1. The zero-order chi connectivity index (χ0) is 18.6. The number of rotatable bonds is 3. The first kappa shape index (κ1) is 16.4. The van der Waals surface area contributed by atoms with Gasteiger partial charge in [0.1, 0.15) is 17.8 Å². The van der Waals surface area contributed by atoms with Gasteiger partial charge in [0.2, 0.25) is 5.91 Å². The van der Waals surface area contributed by atoms with E-state index in [9.17, 15) is 9.18 Å². The number of carbonyl (C=O) groups is 1. The highest BCUT2D eigenvalue weighted by atomic mass is 19.1. The largest absolute Gasteiger partial charge is 0.383 e. The monoisotopic (exact) mass is 354 g/mol. The van der Waals surface area contributed by atoms with Crippen LogP contribution in [0.1, 0.15) is 17.8 Å². The van der Waals surface area contributed by atoms with Gasteiger partial charge in [0.25, 0.3) is 0 Å². The maximum Gasteiger partial charge on any atom is 0.231 e. The Bertz CT molecular complexity index is 1040. The first-order valence-corrected chi connectivity index (χ1v) is 8.37. The molecule has 3 aromatic heterocycles. The van der Waals surface area contributed by atoms with Gasteiger partial charge < -0.3 is 11.1 Å². The molecule has 1 aliphatic rings. The maximum atomic E-state index is 13.0. The SMILES string of the molecule is Cc1nn(C)c(C)c1-c1cc2cc(NC(=O)[C@H]3C[C@H]3F)ncc2c(N)n1. The molecule has 0 saturated heterocycles. The number of pyridine rings is 2. The molecule has 3 N–H and O–H groups in total. The first-order valence-electron chi connectivity index (χ1n) is 8.37. The lowest BCUT2D eigenvalue weighted by Gasteiger charge is -2.09. The molecule has 1 fully saturated rings. The Morgan fingerprint density at radius 2 is 2.12 bits per heavy atom. The van der Waals surface area contributed by atoms with E-state index in [2.05, 4.69) is 20.4 Å². The third kappa shape index (κ3) is 2.67. The molecular formula is C18H19FN6O. The Hall–Kier alpha value is -3.03. The van der Waals surface area contributed by atoms with Gasteiger partial charge in [-0.2, -0.15) is 5.10 Å². The van der Waals surface area contributed by atoms with Crippen molar-refractivity contribution in [3.8, 4) is 11.3 Å². The summed E-state index contributed by atoms with van der Waals surface area (Å²) in [5.41, 5.74) is 9.61. The van der Waals surface area contributed by atoms with Crippen molar-refractivity contribution in [1.29, 1.82) is 0 Å². The topological polar surface area (TPSA) is 98.7 Å². The predicted octanol–water partition coefficient (Wildman–Crippen LogP) is 2.53. The molecule has 1 aliphatic carbocycles. The fourth-order valence-electron chi connectivity index (χ4n) is 3.17. The van der Waals surface area contributed by atoms with Gasteiger partial charge in [0.15, 0.2) is 0 Å². The number of carbonyl (C=O) groups excluding carboxylic acids is 1. The van der Waals surface area contributed by atoms with E-state index in [4.69, 9.17) is 5.73 Å². The molecule has 0 aromatic carbocycles. The lowest BCUT2D eigenvalue weighted by atomic mass is 10.1. The number of hydrogen-bond donors (Lipinski definition) is 2. The van der Waals surface area contributed by atoms with Crippen molar-refractivity contribution < 1.29 is 9.18 Å². The summed E-state index contributed by atoms with van der Waals surface area (Å²) < 4.78 is 14.8. The summed E-state index contributed by atoms with van der Waals surface area (Å²) in [6, 6.07) is 3.63. The van der Waals surface area contributed by atoms with Crippen LogP contribution in [0.2, 0.25) is 0 Å². The standard InChI is InChI=1S/C18H19FN6O/c1-8-16(9(2)25(3)24-8)14-4-10-5-15(21-7-12(10)17(20)22-14)23-18(26)11-6-13(11)19/h4-5,7,11,13H,6H2,1-3H3,(H2,20,22)(H,21,23,26)/t11-,13+/m0/s1. The van der Waals surface area contributed by atoms with Crippen molar-refractivity contribution >= 4 is 28.3 Å². The summed E-state index contributed by atoms with van der Waals surface area (Å²) in [7, 11) is 1.88. The Kier molecular flexibility index (Phi) is 3.64. The van der Waals surface area contributed by atoms with Crippen LogP contribution in [-0.2, 0) is 11.8 Å². The van der Waals surface area contributed by atoms with Crippen LogP contribution in [0.5, 0.6) is 0 Å². The van der Waals surface area contributed by atoms with E-state index in [1.54, 1.807) is 16.9 Å². The Balaban J connectivity index is 1.76. The molecule has 0 radical (unpaired) electrons. The molecular weight excluding hydrogens is 335 g/mol. The van der Waals surface area contributed by atoms with Gasteiger partial charge in [0, 0.05) is 29.9 Å². The highest BCUT2D eigenvalue weighted by Gasteiger charge is 2.43. The summed E-state index contributed by atoms with van der Waals surface area (Å²) in [6.07, 6.45) is 0.804. The molecule has 3 aromatic rings. The minimum absolute atomic E-state index is 0.278. The minimum Gasteiger partial charge on any atom is -0.383 e. The second kappa shape index (κ2) is 5.76. The molecule has 3 heterocycles. The van der Waals surface area contributed by atoms with Crippen LogP contribution in [0.3, 0.4) is 0 Å². The molecule has 1 amide bonds. The Morgan fingerprint density at radius 1 is 1.38 bits per heavy atom. The van der Waals surface area contributed by atoms with E-state index in [1.807, 2.05) is 27.0 Å². The maximum absolute atomic E-state index is 13.0. The van der Waals surface area contributed by atoms with E-state index >= 15 is 0 Å². The fourth-order valence-corrected chi connectivity index (χ4v) is 3.17. The lowest BCUT2D eigenvalue weighted by molar-refractivity contribution is -0.117. The van der Waals surface area contributed by atoms with Gasteiger partial charge in [-0.05, 0) is 37.8 Å². The number of hydrogen-bond acceptors (Lipinski definition) is 5. The van der Waals surface area contributed by atoms with E-state index in [0.717, 1.165) is 22.3 Å². The second-order valence-electron chi connectivity index (χ2n) is 6.70. The molecule has 0 unspecified atom stereocenters. The zero-order valence-corrected chi connectivity index (χ0v) is 14.7. The summed E-state index contributed by atoms with van der Waals surface area (Å²) >= 11 is 0. The first-order chi connectivity index (χ1) is 12.3. The van der Waals surface area contributed by atoms with Crippen LogP contribution in [-0.4, -0.2) is 31.8 Å². The number of nitrogens with one attached hydrogen (secondary N) is 1. The molecule has 0 aliphatic heterocycles. The van der Waals surface area contributed by atoms with Gasteiger partial charge in [-0.1, -0.05) is 0 Å². The van der Waals surface area contributed by atoms with Gasteiger partial charge in [-0.3, -0.25) is 9.48 Å². The van der Waals surface area contributed by atoms with E-state index in [1.165, 1.54) is 0 Å². The predicted molar refractivity (Wildman–Crippen MR) is 97.3 cm³/mol. The van der Waals surface area contributed by atoms with Crippen molar-refractivity contribution in [2.75, 3.05) is 11.1 Å². The van der Waals surface area contributed by atoms with Gasteiger partial charge in [-0.15, -0.1) is 0 Å². The zero-order valence-electron chi connectivity index (χ0n) is 14.7. The number of aromatic nitrogens is 4. The Labute approximate surface area is 149 Å². The molecule has 134 valence electrons. The van der Waals surface area contributed by atoms with Crippen LogP contribution in [0.15, 0.2) is 18.3 Å². The average molecular weight is 354 g/mol. The number of aryl methyl sites for hydroxylation is 2. The summed E-state index contributed by atoms with van der Waals surface area (Å²) in [5, 5.41) is 8.58. The normalized spacial score (nSPS) is 18.9. The van der Waals surface area contributed by atoms with Crippen LogP contribution in [0.25, 0.3) is 22.0 Å². The number of nitrogens with two attached hydrogens (primary N) is 1. The van der Waals surface area contributed by atoms with E-state index in [-0.39, 0.29) is 12.3 Å². The van der Waals surface area contributed by atoms with Crippen molar-refractivity contribution in [3.63, 3.8) is 0 Å². The number of anilines is 2. The molecule has 4 rings (SSSR count). The smallest absolute Gasteiger partial charge is 0.231 e. The number of nitrogens with zero attached hydrogens (tertiary/aromatic N) is 4. The van der Waals surface area contributed by atoms with Gasteiger partial charge in [-0.25, -0.2) is 14.4 Å².